The van der Waals surface area contributed by atoms with Crippen LogP contribution in [0.4, 0.5) is 0 Å². The molecule has 1 heterocycles. The zero-order chi connectivity index (χ0) is 12.1. The normalized spacial score (nSPS) is 11.6. The lowest BCUT2D eigenvalue weighted by molar-refractivity contribution is 1.51. The summed E-state index contributed by atoms with van der Waals surface area (Å²) in [5, 5.41) is 5.25. The summed E-state index contributed by atoms with van der Waals surface area (Å²) in [6.45, 7) is 2.17. The van der Waals surface area contributed by atoms with Crippen molar-refractivity contribution in [3.8, 4) is 0 Å². The second-order valence-corrected chi connectivity index (χ2v) is 4.83. The zero-order valence-corrected chi connectivity index (χ0v) is 10.2. The molecule has 3 aromatic carbocycles. The molecule has 1 nitrogen and oxygen atoms in total. The van der Waals surface area contributed by atoms with Crippen LogP contribution in [0.3, 0.4) is 0 Å². The van der Waals surface area contributed by atoms with E-state index in [9.17, 15) is 0 Å². The fraction of sp³-hybridized carbons (Fsp3) is 0.0588. The van der Waals surface area contributed by atoms with Gasteiger partial charge in [0.05, 0.1) is 5.52 Å². The highest BCUT2D eigenvalue weighted by Gasteiger charge is 2.08. The van der Waals surface area contributed by atoms with Gasteiger partial charge >= 0.3 is 0 Å². The van der Waals surface area contributed by atoms with E-state index < -0.39 is 0 Å². The van der Waals surface area contributed by atoms with Crippen molar-refractivity contribution in [2.75, 3.05) is 0 Å². The Hall–Kier alpha value is -2.28. The molecule has 0 amide bonds. The van der Waals surface area contributed by atoms with Crippen molar-refractivity contribution in [2.24, 2.45) is 0 Å². The van der Waals surface area contributed by atoms with Gasteiger partial charge in [0.1, 0.15) is 0 Å². The number of aromatic amines is 1. The molecule has 1 aromatic heterocycles. The lowest BCUT2D eigenvalue weighted by Crippen LogP contribution is -1.79. The van der Waals surface area contributed by atoms with Crippen molar-refractivity contribution in [1.82, 2.24) is 4.98 Å². The van der Waals surface area contributed by atoms with Gasteiger partial charge in [-0.05, 0) is 23.9 Å². The topological polar surface area (TPSA) is 15.8 Å². The third kappa shape index (κ3) is 1.16. The highest BCUT2D eigenvalue weighted by atomic mass is 14.7. The lowest BCUT2D eigenvalue weighted by atomic mass is 10.0. The summed E-state index contributed by atoms with van der Waals surface area (Å²) in [5.74, 6) is 0. The predicted molar refractivity (Wildman–Crippen MR) is 78.0 cm³/mol. The van der Waals surface area contributed by atoms with Crippen molar-refractivity contribution in [3.05, 3.63) is 60.2 Å². The molecule has 0 saturated heterocycles. The van der Waals surface area contributed by atoms with Crippen LogP contribution in [0.5, 0.6) is 0 Å². The summed E-state index contributed by atoms with van der Waals surface area (Å²) in [7, 11) is 0. The van der Waals surface area contributed by atoms with Crippen LogP contribution in [0, 0.1) is 6.92 Å². The average molecular weight is 231 g/mol. The summed E-state index contributed by atoms with van der Waals surface area (Å²) >= 11 is 0. The molecule has 18 heavy (non-hydrogen) atoms. The number of benzene rings is 3. The minimum Gasteiger partial charge on any atom is -0.354 e. The Labute approximate surface area is 105 Å². The molecular formula is C17H13N. The van der Waals surface area contributed by atoms with Gasteiger partial charge in [-0.1, -0.05) is 48.5 Å². The fourth-order valence-electron chi connectivity index (χ4n) is 2.88. The first-order chi connectivity index (χ1) is 8.84. The average Bonchev–Trinajstić information content (AvgIpc) is 2.77. The molecule has 1 heteroatoms. The minimum atomic E-state index is 1.21. The number of aromatic nitrogens is 1. The van der Waals surface area contributed by atoms with Crippen LogP contribution in [-0.2, 0) is 0 Å². The maximum absolute atomic E-state index is 3.56. The van der Waals surface area contributed by atoms with Crippen LogP contribution >= 0.6 is 0 Å². The molecule has 0 radical (unpaired) electrons. The number of nitrogens with one attached hydrogen (secondary N) is 1. The van der Waals surface area contributed by atoms with E-state index in [0.717, 1.165) is 0 Å². The van der Waals surface area contributed by atoms with E-state index in [-0.39, 0.29) is 0 Å². The smallest absolute Gasteiger partial charge is 0.0547 e. The summed E-state index contributed by atoms with van der Waals surface area (Å²) in [6, 6.07) is 19.4. The van der Waals surface area contributed by atoms with E-state index >= 15 is 0 Å². The summed E-state index contributed by atoms with van der Waals surface area (Å²) in [6.07, 6.45) is 0. The first-order valence-corrected chi connectivity index (χ1v) is 6.23. The van der Waals surface area contributed by atoms with Crippen LogP contribution in [-0.4, -0.2) is 4.98 Å². The van der Waals surface area contributed by atoms with Gasteiger partial charge in [-0.3, -0.25) is 0 Å². The Balaban J connectivity index is 2.35. The highest BCUT2D eigenvalue weighted by molar-refractivity contribution is 6.17. The zero-order valence-electron chi connectivity index (χ0n) is 10.2. The minimum absolute atomic E-state index is 1.21. The molecule has 0 aliphatic rings. The molecule has 4 rings (SSSR count). The maximum atomic E-state index is 3.56. The highest BCUT2D eigenvalue weighted by Crippen LogP contribution is 2.32. The van der Waals surface area contributed by atoms with Gasteiger partial charge in [0, 0.05) is 21.7 Å². The van der Waals surface area contributed by atoms with Crippen molar-refractivity contribution in [1.29, 1.82) is 0 Å². The van der Waals surface area contributed by atoms with E-state index in [1.807, 2.05) is 0 Å². The first kappa shape index (κ1) is 9.72. The Morgan fingerprint density at radius 2 is 1.67 bits per heavy atom. The Bertz CT molecular complexity index is 884. The second-order valence-electron chi connectivity index (χ2n) is 4.83. The number of hydrogen-bond acceptors (Lipinski definition) is 0. The van der Waals surface area contributed by atoms with Crippen LogP contribution in [0.1, 0.15) is 5.56 Å². The van der Waals surface area contributed by atoms with Crippen molar-refractivity contribution in [3.63, 3.8) is 0 Å². The summed E-state index contributed by atoms with van der Waals surface area (Å²) in [4.78, 5) is 3.56. The van der Waals surface area contributed by atoms with Gasteiger partial charge in [-0.2, -0.15) is 0 Å². The predicted octanol–water partition coefficient (Wildman–Crippen LogP) is 4.78. The fourth-order valence-corrected chi connectivity index (χ4v) is 2.88. The molecule has 0 unspecified atom stereocenters. The molecule has 0 aliphatic heterocycles. The molecule has 0 bridgehead atoms. The summed E-state index contributed by atoms with van der Waals surface area (Å²) < 4.78 is 0. The third-order valence-electron chi connectivity index (χ3n) is 3.73. The molecule has 0 aliphatic carbocycles. The van der Waals surface area contributed by atoms with Crippen molar-refractivity contribution in [2.45, 2.75) is 6.92 Å². The van der Waals surface area contributed by atoms with E-state index in [2.05, 4.69) is 66.5 Å². The molecular weight excluding hydrogens is 218 g/mol. The summed E-state index contributed by atoms with van der Waals surface area (Å²) in [5.41, 5.74) is 3.79. The SMILES string of the molecule is Cc1cccc2ccc3c4ccccc4[nH]c3c12. The van der Waals surface area contributed by atoms with E-state index in [0.29, 0.717) is 0 Å². The Morgan fingerprint density at radius 3 is 2.61 bits per heavy atom. The number of H-pyrrole nitrogens is 1. The van der Waals surface area contributed by atoms with Gasteiger partial charge in [0.15, 0.2) is 0 Å². The quantitative estimate of drug-likeness (QED) is 0.448. The van der Waals surface area contributed by atoms with Crippen LogP contribution in [0.25, 0.3) is 32.6 Å². The second kappa shape index (κ2) is 3.36. The third-order valence-corrected chi connectivity index (χ3v) is 3.73. The Kier molecular flexibility index (Phi) is 1.81. The largest absolute Gasteiger partial charge is 0.354 e. The van der Waals surface area contributed by atoms with E-state index in [1.165, 1.54) is 38.1 Å². The number of rotatable bonds is 0. The number of hydrogen-bond donors (Lipinski definition) is 1. The molecule has 86 valence electrons. The molecule has 0 spiro atoms. The number of aryl methyl sites for hydroxylation is 1. The Morgan fingerprint density at radius 1 is 0.778 bits per heavy atom. The van der Waals surface area contributed by atoms with Gasteiger partial charge in [0.2, 0.25) is 0 Å². The maximum Gasteiger partial charge on any atom is 0.0547 e. The van der Waals surface area contributed by atoms with Gasteiger partial charge in [-0.25, -0.2) is 0 Å². The van der Waals surface area contributed by atoms with Crippen molar-refractivity contribution >= 4 is 32.6 Å². The lowest BCUT2D eigenvalue weighted by Gasteiger charge is -2.03. The molecule has 4 aromatic rings. The standard InChI is InChI=1S/C17H13N/c1-11-5-4-6-12-9-10-14-13-7-2-3-8-15(13)18-17(14)16(11)12/h2-10,18H,1H3. The first-order valence-electron chi connectivity index (χ1n) is 6.23. The van der Waals surface area contributed by atoms with E-state index in [4.69, 9.17) is 0 Å². The van der Waals surface area contributed by atoms with Gasteiger partial charge in [-0.15, -0.1) is 0 Å². The van der Waals surface area contributed by atoms with Crippen LogP contribution < -0.4 is 0 Å². The van der Waals surface area contributed by atoms with Crippen molar-refractivity contribution < 1.29 is 0 Å². The molecule has 0 atom stereocenters. The van der Waals surface area contributed by atoms with E-state index in [1.54, 1.807) is 0 Å². The monoisotopic (exact) mass is 231 g/mol. The number of fused-ring (bicyclic) bond motifs is 5. The molecule has 1 N–H and O–H groups in total. The van der Waals surface area contributed by atoms with Gasteiger partial charge < -0.3 is 4.98 Å². The van der Waals surface area contributed by atoms with Gasteiger partial charge in [0.25, 0.3) is 0 Å². The van der Waals surface area contributed by atoms with Crippen LogP contribution in [0.2, 0.25) is 0 Å². The molecule has 0 saturated carbocycles. The molecule has 0 fully saturated rings. The number of para-hydroxylation sites is 1. The van der Waals surface area contributed by atoms with Crippen LogP contribution in [0.15, 0.2) is 54.6 Å².